The zero-order chi connectivity index (χ0) is 20.7. The predicted molar refractivity (Wildman–Crippen MR) is 98.3 cm³/mol. The van der Waals surface area contributed by atoms with Crippen molar-refractivity contribution in [3.63, 3.8) is 0 Å². The van der Waals surface area contributed by atoms with Gasteiger partial charge < -0.3 is 14.2 Å². The van der Waals surface area contributed by atoms with E-state index in [9.17, 15) is 18.4 Å². The minimum atomic E-state index is -0.755. The van der Waals surface area contributed by atoms with Crippen LogP contribution in [0.15, 0.2) is 73.7 Å². The van der Waals surface area contributed by atoms with Gasteiger partial charge in [-0.15, -0.1) is 0 Å². The number of hydrogen-bond donors (Lipinski definition) is 0. The van der Waals surface area contributed by atoms with Gasteiger partial charge in [-0.05, 0) is 36.8 Å². The normalized spacial score (nSPS) is 10.4. The molecular formula is C21H16F2O5. The number of esters is 2. The molecule has 0 aliphatic rings. The highest BCUT2D eigenvalue weighted by Gasteiger charge is 2.11. The number of halogens is 2. The second kappa shape index (κ2) is 9.27. The first-order valence-electron chi connectivity index (χ1n) is 7.93. The van der Waals surface area contributed by atoms with E-state index in [2.05, 4.69) is 17.9 Å². The van der Waals surface area contributed by atoms with Crippen molar-refractivity contribution in [2.45, 2.75) is 6.92 Å². The average molecular weight is 386 g/mol. The van der Waals surface area contributed by atoms with Crippen molar-refractivity contribution in [2.75, 3.05) is 0 Å². The molecule has 0 fully saturated rings. The maximum Gasteiger partial charge on any atom is 0.338 e. The molecular weight excluding hydrogens is 370 g/mol. The molecule has 0 bridgehead atoms. The summed E-state index contributed by atoms with van der Waals surface area (Å²) in [5.41, 5.74) is 0.559. The Hall–Kier alpha value is -3.74. The maximum absolute atomic E-state index is 14.3. The molecule has 7 heteroatoms. The minimum Gasteiger partial charge on any atom is -0.459 e. The lowest BCUT2D eigenvalue weighted by Gasteiger charge is -2.08. The van der Waals surface area contributed by atoms with Crippen molar-refractivity contribution in [3.8, 4) is 22.6 Å². The molecule has 0 spiro atoms. The van der Waals surface area contributed by atoms with Gasteiger partial charge >= 0.3 is 11.9 Å². The average Bonchev–Trinajstić information content (AvgIpc) is 2.66. The first kappa shape index (κ1) is 20.6. The van der Waals surface area contributed by atoms with E-state index in [1.54, 1.807) is 0 Å². The van der Waals surface area contributed by atoms with E-state index in [1.807, 2.05) is 0 Å². The number of rotatable bonds is 7. The third-order valence-corrected chi connectivity index (χ3v) is 3.34. The highest BCUT2D eigenvalue weighted by molar-refractivity contribution is 5.87. The van der Waals surface area contributed by atoms with E-state index in [4.69, 9.17) is 9.47 Å². The summed E-state index contributed by atoms with van der Waals surface area (Å²) in [6, 6.07) is 7.56. The largest absolute Gasteiger partial charge is 0.459 e. The van der Waals surface area contributed by atoms with Crippen molar-refractivity contribution in [3.05, 3.63) is 85.4 Å². The summed E-state index contributed by atoms with van der Waals surface area (Å²) in [5, 5.41) is 0. The molecule has 5 nitrogen and oxygen atoms in total. The van der Waals surface area contributed by atoms with Gasteiger partial charge in [0.25, 0.3) is 0 Å². The second-order valence-corrected chi connectivity index (χ2v) is 5.49. The molecule has 144 valence electrons. The van der Waals surface area contributed by atoms with Crippen molar-refractivity contribution < 1.29 is 32.6 Å². The van der Waals surface area contributed by atoms with Crippen LogP contribution in [0.2, 0.25) is 0 Å². The van der Waals surface area contributed by atoms with E-state index < -0.39 is 23.6 Å². The van der Waals surface area contributed by atoms with Gasteiger partial charge in [-0.1, -0.05) is 19.2 Å². The van der Waals surface area contributed by atoms with Crippen LogP contribution in [0.3, 0.4) is 0 Å². The summed E-state index contributed by atoms with van der Waals surface area (Å²) in [4.78, 5) is 22.3. The number of benzene rings is 2. The molecule has 0 heterocycles. The van der Waals surface area contributed by atoms with Crippen LogP contribution in [-0.2, 0) is 14.3 Å². The van der Waals surface area contributed by atoms with Crippen molar-refractivity contribution in [2.24, 2.45) is 0 Å². The molecule has 0 atom stereocenters. The van der Waals surface area contributed by atoms with Gasteiger partial charge in [0.2, 0.25) is 0 Å². The van der Waals surface area contributed by atoms with Crippen LogP contribution in [-0.4, -0.2) is 11.9 Å². The Morgan fingerprint density at radius 2 is 1.79 bits per heavy atom. The Kier molecular flexibility index (Phi) is 6.81. The molecule has 0 amide bonds. The first-order chi connectivity index (χ1) is 13.3. The quantitative estimate of drug-likeness (QED) is 0.299. The Bertz CT molecular complexity index is 963. The zero-order valence-electron chi connectivity index (χ0n) is 14.9. The van der Waals surface area contributed by atoms with Gasteiger partial charge in [-0.3, -0.25) is 0 Å². The summed E-state index contributed by atoms with van der Waals surface area (Å²) in [7, 11) is 0. The molecule has 2 aromatic rings. The number of hydrogen-bond acceptors (Lipinski definition) is 5. The molecule has 0 saturated carbocycles. The van der Waals surface area contributed by atoms with E-state index >= 15 is 0 Å². The summed E-state index contributed by atoms with van der Waals surface area (Å²) in [6.45, 7) is 8.13. The van der Waals surface area contributed by atoms with Crippen LogP contribution in [0.25, 0.3) is 11.1 Å². The van der Waals surface area contributed by atoms with Gasteiger partial charge in [0.1, 0.15) is 24.1 Å². The smallest absolute Gasteiger partial charge is 0.338 e. The molecule has 0 N–H and O–H groups in total. The van der Waals surface area contributed by atoms with Crippen LogP contribution < -0.4 is 9.47 Å². The molecule has 0 aliphatic carbocycles. The van der Waals surface area contributed by atoms with Crippen LogP contribution in [0, 0.1) is 11.6 Å². The standard InChI is InChI=1S/C21H16F2O5/c1-4-20(24)28-15-6-7-16(17(22)12-15)14-5-8-19(18(23)11-14)26-9-10-27-21(25)13(2)3/h4-12H,1-2H2,3H3/b10-9-. The SMILES string of the molecule is C=CC(=O)Oc1ccc(-c2ccc(O/C=C\OC(=O)C(=C)C)c(F)c2)c(F)c1. The van der Waals surface area contributed by atoms with E-state index in [0.717, 1.165) is 30.7 Å². The summed E-state index contributed by atoms with van der Waals surface area (Å²) < 4.78 is 43.0. The number of ether oxygens (including phenoxy) is 3. The van der Waals surface area contributed by atoms with Crippen LogP contribution in [0.1, 0.15) is 6.92 Å². The predicted octanol–water partition coefficient (Wildman–Crippen LogP) is 4.69. The van der Waals surface area contributed by atoms with E-state index in [-0.39, 0.29) is 28.2 Å². The van der Waals surface area contributed by atoms with Crippen molar-refractivity contribution in [1.82, 2.24) is 0 Å². The first-order valence-corrected chi connectivity index (χ1v) is 7.93. The third-order valence-electron chi connectivity index (χ3n) is 3.34. The van der Waals surface area contributed by atoms with Crippen LogP contribution >= 0.6 is 0 Å². The molecule has 2 rings (SSSR count). The molecule has 0 aromatic heterocycles. The van der Waals surface area contributed by atoms with Gasteiger partial charge in [0.15, 0.2) is 11.6 Å². The highest BCUT2D eigenvalue weighted by Crippen LogP contribution is 2.29. The Balaban J connectivity index is 2.12. The van der Waals surface area contributed by atoms with Crippen LogP contribution in [0.5, 0.6) is 11.5 Å². The molecule has 2 aromatic carbocycles. The van der Waals surface area contributed by atoms with Gasteiger partial charge in [0.05, 0.1) is 0 Å². The molecule has 0 unspecified atom stereocenters. The van der Waals surface area contributed by atoms with Gasteiger partial charge in [-0.25, -0.2) is 18.4 Å². The lowest BCUT2D eigenvalue weighted by atomic mass is 10.0. The fourth-order valence-corrected chi connectivity index (χ4v) is 2.01. The minimum absolute atomic E-state index is 0.000945. The molecule has 0 saturated heterocycles. The third kappa shape index (κ3) is 5.38. The fraction of sp³-hybridized carbons (Fsp3) is 0.0476. The number of carbonyl (C=O) groups excluding carboxylic acids is 2. The topological polar surface area (TPSA) is 61.8 Å². The van der Waals surface area contributed by atoms with Gasteiger partial charge in [0, 0.05) is 23.3 Å². The van der Waals surface area contributed by atoms with Crippen molar-refractivity contribution >= 4 is 11.9 Å². The van der Waals surface area contributed by atoms with Crippen molar-refractivity contribution in [1.29, 1.82) is 0 Å². The monoisotopic (exact) mass is 386 g/mol. The van der Waals surface area contributed by atoms with Gasteiger partial charge in [-0.2, -0.15) is 0 Å². The molecule has 0 aliphatic heterocycles. The Morgan fingerprint density at radius 1 is 1.04 bits per heavy atom. The van der Waals surface area contributed by atoms with E-state index in [1.165, 1.54) is 31.2 Å². The van der Waals surface area contributed by atoms with Crippen LogP contribution in [0.4, 0.5) is 8.78 Å². The summed E-state index contributed by atoms with van der Waals surface area (Å²) in [5.74, 6) is -2.97. The lowest BCUT2D eigenvalue weighted by Crippen LogP contribution is -2.03. The fourth-order valence-electron chi connectivity index (χ4n) is 2.01. The maximum atomic E-state index is 14.3. The van der Waals surface area contributed by atoms with E-state index in [0.29, 0.717) is 0 Å². The molecule has 0 radical (unpaired) electrons. The Morgan fingerprint density at radius 3 is 2.39 bits per heavy atom. The second-order valence-electron chi connectivity index (χ2n) is 5.49. The highest BCUT2D eigenvalue weighted by atomic mass is 19.1. The zero-order valence-corrected chi connectivity index (χ0v) is 14.9. The molecule has 28 heavy (non-hydrogen) atoms. The number of carbonyl (C=O) groups is 2. The lowest BCUT2D eigenvalue weighted by molar-refractivity contribution is -0.133. The summed E-state index contributed by atoms with van der Waals surface area (Å²) >= 11 is 0. The summed E-state index contributed by atoms with van der Waals surface area (Å²) in [6.07, 6.45) is 2.89. The Labute approximate surface area is 160 Å².